The van der Waals surface area contributed by atoms with Gasteiger partial charge in [-0.15, -0.1) is 4.33 Å². The third-order valence-corrected chi connectivity index (χ3v) is 3.93. The van der Waals surface area contributed by atoms with Gasteiger partial charge in [0.25, 0.3) is 10.1 Å². The van der Waals surface area contributed by atoms with E-state index in [1.54, 1.807) is 6.07 Å². The fourth-order valence-electron chi connectivity index (χ4n) is 1.69. The van der Waals surface area contributed by atoms with Gasteiger partial charge in [-0.25, -0.2) is 5.26 Å². The fraction of sp³-hybridized carbons (Fsp3) is 0. The maximum absolute atomic E-state index is 11.3. The van der Waals surface area contributed by atoms with Crippen LogP contribution in [-0.2, 0) is 19.5 Å². The molecular formula is C10H9NO6S2. The molecular weight excluding hydrogens is 294 g/mol. The van der Waals surface area contributed by atoms with Crippen molar-refractivity contribution < 1.29 is 27.6 Å². The molecule has 2 aromatic carbocycles. The lowest BCUT2D eigenvalue weighted by Crippen LogP contribution is -2.00. The summed E-state index contributed by atoms with van der Waals surface area (Å²) in [5.74, 6) is 0. The lowest BCUT2D eigenvalue weighted by atomic mass is 10.1. The Morgan fingerprint density at radius 1 is 1.21 bits per heavy atom. The normalized spacial score (nSPS) is 11.9. The third kappa shape index (κ3) is 2.97. The average Bonchev–Trinajstić information content (AvgIpc) is 2.33. The Balaban J connectivity index is 2.74. The van der Waals surface area contributed by atoms with E-state index in [2.05, 4.69) is 9.37 Å². The van der Waals surface area contributed by atoms with Crippen molar-refractivity contribution >= 4 is 38.6 Å². The van der Waals surface area contributed by atoms with Crippen LogP contribution in [0.5, 0.6) is 0 Å². The second kappa shape index (κ2) is 5.33. The van der Waals surface area contributed by atoms with Crippen LogP contribution in [0.1, 0.15) is 0 Å². The van der Waals surface area contributed by atoms with Crippen molar-refractivity contribution in [2.24, 2.45) is 0 Å². The molecule has 0 bridgehead atoms. The summed E-state index contributed by atoms with van der Waals surface area (Å²) in [5.41, 5.74) is 5.93. The van der Waals surface area contributed by atoms with Crippen LogP contribution in [0, 0.1) is 0 Å². The molecule has 0 aromatic heterocycles. The Morgan fingerprint density at radius 3 is 2.58 bits per heavy atom. The summed E-state index contributed by atoms with van der Waals surface area (Å²) in [4.78, 5) is 0.165. The molecule has 0 spiro atoms. The van der Waals surface area contributed by atoms with Crippen molar-refractivity contribution in [3.63, 3.8) is 0 Å². The SMILES string of the molecule is Nc1cc(SOOO)c2cccc(S(=O)(=O)O)c2c1. The second-order valence-corrected chi connectivity index (χ2v) is 5.70. The predicted molar refractivity (Wildman–Crippen MR) is 68.8 cm³/mol. The van der Waals surface area contributed by atoms with Gasteiger partial charge in [0, 0.05) is 16.0 Å². The van der Waals surface area contributed by atoms with E-state index >= 15 is 0 Å². The summed E-state index contributed by atoms with van der Waals surface area (Å²) in [6, 6.07) is 7.27. The van der Waals surface area contributed by atoms with E-state index in [4.69, 9.17) is 11.0 Å². The van der Waals surface area contributed by atoms with Crippen molar-refractivity contribution in [3.8, 4) is 0 Å². The van der Waals surface area contributed by atoms with Gasteiger partial charge < -0.3 is 5.73 Å². The summed E-state index contributed by atoms with van der Waals surface area (Å²) in [6.07, 6.45) is 0. The molecule has 102 valence electrons. The lowest BCUT2D eigenvalue weighted by molar-refractivity contribution is -0.432. The van der Waals surface area contributed by atoms with E-state index in [1.165, 1.54) is 24.3 Å². The zero-order chi connectivity index (χ0) is 14.0. The van der Waals surface area contributed by atoms with Crippen LogP contribution < -0.4 is 5.73 Å². The molecule has 2 rings (SSSR count). The number of benzene rings is 2. The van der Waals surface area contributed by atoms with E-state index in [1.807, 2.05) is 0 Å². The number of hydrogen-bond acceptors (Lipinski definition) is 7. The molecule has 0 aliphatic rings. The van der Waals surface area contributed by atoms with Crippen LogP contribution in [0.3, 0.4) is 0 Å². The van der Waals surface area contributed by atoms with E-state index in [9.17, 15) is 13.0 Å². The first-order chi connectivity index (χ1) is 8.93. The van der Waals surface area contributed by atoms with E-state index in [0.29, 0.717) is 22.3 Å². The molecule has 0 saturated heterocycles. The highest BCUT2D eigenvalue weighted by atomic mass is 32.2. The topological polar surface area (TPSA) is 119 Å². The van der Waals surface area contributed by atoms with Gasteiger partial charge in [-0.05, 0) is 23.6 Å². The van der Waals surface area contributed by atoms with Crippen LogP contribution >= 0.6 is 12.0 Å². The Hall–Kier alpha value is -1.36. The minimum Gasteiger partial charge on any atom is -0.399 e. The molecule has 0 aliphatic heterocycles. The van der Waals surface area contributed by atoms with Crippen LogP contribution in [-0.4, -0.2) is 18.2 Å². The summed E-state index contributed by atoms with van der Waals surface area (Å²) in [5, 5.41) is 12.4. The minimum absolute atomic E-state index is 0.244. The molecule has 19 heavy (non-hydrogen) atoms. The number of hydrogen-bond donors (Lipinski definition) is 3. The molecule has 0 aliphatic carbocycles. The highest BCUT2D eigenvalue weighted by molar-refractivity contribution is 7.94. The van der Waals surface area contributed by atoms with Crippen LogP contribution in [0.25, 0.3) is 10.8 Å². The van der Waals surface area contributed by atoms with Crippen molar-refractivity contribution in [3.05, 3.63) is 30.3 Å². The van der Waals surface area contributed by atoms with Crippen molar-refractivity contribution in [2.75, 3.05) is 5.73 Å². The zero-order valence-electron chi connectivity index (χ0n) is 9.31. The number of nitrogens with two attached hydrogens (primary N) is 1. The highest BCUT2D eigenvalue weighted by Crippen LogP contribution is 2.34. The van der Waals surface area contributed by atoms with Crippen molar-refractivity contribution in [1.82, 2.24) is 0 Å². The Morgan fingerprint density at radius 2 is 1.95 bits per heavy atom. The number of rotatable bonds is 4. The van der Waals surface area contributed by atoms with Crippen LogP contribution in [0.4, 0.5) is 5.69 Å². The molecule has 0 fully saturated rings. The van der Waals surface area contributed by atoms with Crippen LogP contribution in [0.2, 0.25) is 0 Å². The number of fused-ring (bicyclic) bond motifs is 1. The number of anilines is 1. The monoisotopic (exact) mass is 303 g/mol. The molecule has 7 nitrogen and oxygen atoms in total. The standard InChI is InChI=1S/C10H9NO6S2/c11-6-4-8-7(9(5-6)18-17-16-12)2-1-3-10(8)19(13,14)15/h1-5,12H,11H2,(H,13,14,15). The zero-order valence-corrected chi connectivity index (χ0v) is 10.9. The first-order valence-corrected chi connectivity index (χ1v) is 7.06. The molecule has 0 atom stereocenters. The quantitative estimate of drug-likeness (QED) is 0.258. The maximum Gasteiger partial charge on any atom is 0.295 e. The molecule has 0 amide bonds. The largest absolute Gasteiger partial charge is 0.399 e. The van der Waals surface area contributed by atoms with Gasteiger partial charge in [-0.2, -0.15) is 8.42 Å². The second-order valence-electron chi connectivity index (χ2n) is 3.57. The van der Waals surface area contributed by atoms with Crippen molar-refractivity contribution in [2.45, 2.75) is 9.79 Å². The Kier molecular flexibility index (Phi) is 3.94. The summed E-state index contributed by atoms with van der Waals surface area (Å²) in [7, 11) is -4.37. The van der Waals surface area contributed by atoms with Crippen LogP contribution in [0.15, 0.2) is 40.1 Å². The maximum atomic E-state index is 11.3. The molecule has 2 aromatic rings. The average molecular weight is 303 g/mol. The molecule has 0 saturated carbocycles. The van der Waals surface area contributed by atoms with Gasteiger partial charge in [0.1, 0.15) is 4.90 Å². The Bertz CT molecular complexity index is 715. The summed E-state index contributed by atoms with van der Waals surface area (Å²) < 4.78 is 36.1. The predicted octanol–water partition coefficient (Wildman–Crippen LogP) is 2.10. The molecule has 0 heterocycles. The molecule has 0 unspecified atom stereocenters. The summed E-state index contributed by atoms with van der Waals surface area (Å²) >= 11 is 0.655. The molecule has 0 radical (unpaired) electrons. The molecule has 4 N–H and O–H groups in total. The van der Waals surface area contributed by atoms with E-state index in [0.717, 1.165) is 0 Å². The van der Waals surface area contributed by atoms with Crippen molar-refractivity contribution in [1.29, 1.82) is 0 Å². The summed E-state index contributed by atoms with van der Waals surface area (Å²) in [6.45, 7) is 0. The smallest absolute Gasteiger partial charge is 0.295 e. The van der Waals surface area contributed by atoms with Gasteiger partial charge in [0.2, 0.25) is 0 Å². The van der Waals surface area contributed by atoms with E-state index in [-0.39, 0.29) is 16.0 Å². The van der Waals surface area contributed by atoms with E-state index < -0.39 is 10.1 Å². The first kappa shape index (κ1) is 14.1. The van der Waals surface area contributed by atoms with Gasteiger partial charge in [-0.3, -0.25) is 4.55 Å². The van der Waals surface area contributed by atoms with Gasteiger partial charge in [-0.1, -0.05) is 17.2 Å². The molecule has 9 heteroatoms. The first-order valence-electron chi connectivity index (χ1n) is 4.88. The van der Waals surface area contributed by atoms with Gasteiger partial charge in [0.05, 0.1) is 12.0 Å². The fourth-order valence-corrected chi connectivity index (χ4v) is 2.94. The Labute approximate surface area is 112 Å². The number of nitrogen functional groups attached to an aromatic ring is 1. The lowest BCUT2D eigenvalue weighted by Gasteiger charge is -2.08. The van der Waals surface area contributed by atoms with Gasteiger partial charge >= 0.3 is 0 Å². The highest BCUT2D eigenvalue weighted by Gasteiger charge is 2.16. The third-order valence-electron chi connectivity index (χ3n) is 2.37. The minimum atomic E-state index is -4.37. The van der Waals surface area contributed by atoms with Gasteiger partial charge in [0.15, 0.2) is 0 Å².